The summed E-state index contributed by atoms with van der Waals surface area (Å²) in [5, 5.41) is 0. The van der Waals surface area contributed by atoms with Crippen molar-refractivity contribution in [3.05, 3.63) is 29.3 Å². The van der Waals surface area contributed by atoms with Gasteiger partial charge in [0.2, 0.25) is 0 Å². The van der Waals surface area contributed by atoms with Gasteiger partial charge in [-0.1, -0.05) is 13.3 Å². The van der Waals surface area contributed by atoms with Gasteiger partial charge < -0.3 is 9.47 Å². The summed E-state index contributed by atoms with van der Waals surface area (Å²) in [7, 11) is 0. The van der Waals surface area contributed by atoms with Crippen molar-refractivity contribution in [1.29, 1.82) is 0 Å². The minimum atomic E-state index is -0.226. The number of hydrogen-bond donors (Lipinski definition) is 0. The molecule has 4 nitrogen and oxygen atoms in total. The number of nitrogens with zero attached hydrogens (tertiary/aromatic N) is 1. The fraction of sp³-hybridized carbons (Fsp3) is 0.562. The topological polar surface area (TPSA) is 38.8 Å². The highest BCUT2D eigenvalue weighted by Crippen LogP contribution is 2.25. The van der Waals surface area contributed by atoms with Crippen LogP contribution in [-0.4, -0.2) is 36.6 Å². The van der Waals surface area contributed by atoms with Crippen molar-refractivity contribution in [2.45, 2.75) is 38.8 Å². The summed E-state index contributed by atoms with van der Waals surface area (Å²) in [6, 6.07) is 6.11. The summed E-state index contributed by atoms with van der Waals surface area (Å²) in [6.45, 7) is 5.56. The Kier molecular flexibility index (Phi) is 3.92. The molecule has 1 aromatic rings. The highest BCUT2D eigenvalue weighted by molar-refractivity contribution is 5.93. The lowest BCUT2D eigenvalue weighted by Crippen LogP contribution is -2.42. The number of likely N-dealkylation sites (N-methyl/N-ethyl adjacent to an activating group) is 1. The molecule has 1 atom stereocenters. The van der Waals surface area contributed by atoms with Gasteiger partial charge in [0, 0.05) is 11.6 Å². The van der Waals surface area contributed by atoms with Crippen molar-refractivity contribution in [1.82, 2.24) is 4.90 Å². The lowest BCUT2D eigenvalue weighted by Gasteiger charge is -2.34. The van der Waals surface area contributed by atoms with Gasteiger partial charge in [-0.3, -0.25) is 4.90 Å². The molecule has 0 radical (unpaired) electrons. The van der Waals surface area contributed by atoms with Gasteiger partial charge in [0.05, 0.1) is 5.56 Å². The molecule has 0 saturated carbocycles. The van der Waals surface area contributed by atoms with E-state index < -0.39 is 0 Å². The minimum absolute atomic E-state index is 0.226. The van der Waals surface area contributed by atoms with Gasteiger partial charge in [-0.2, -0.15) is 0 Å². The molecule has 0 amide bonds. The summed E-state index contributed by atoms with van der Waals surface area (Å²) >= 11 is 0. The van der Waals surface area contributed by atoms with Crippen molar-refractivity contribution >= 4 is 5.97 Å². The maximum atomic E-state index is 11.4. The normalized spacial score (nSPS) is 22.4. The van der Waals surface area contributed by atoms with Crippen LogP contribution in [0.2, 0.25) is 0 Å². The lowest BCUT2D eigenvalue weighted by molar-refractivity contribution is 0.0535. The first kappa shape index (κ1) is 13.4. The monoisotopic (exact) mass is 275 g/mol. The number of carbonyl (C=O) groups excluding carboxylic acids is 1. The highest BCUT2D eigenvalue weighted by Gasteiger charge is 2.23. The molecular weight excluding hydrogens is 254 g/mol. The van der Waals surface area contributed by atoms with Crippen LogP contribution >= 0.6 is 0 Å². The van der Waals surface area contributed by atoms with E-state index >= 15 is 0 Å². The second-order valence-electron chi connectivity index (χ2n) is 5.48. The van der Waals surface area contributed by atoms with E-state index in [9.17, 15) is 4.79 Å². The Hall–Kier alpha value is -1.55. The Morgan fingerprint density at radius 3 is 3.15 bits per heavy atom. The number of hydrogen-bond acceptors (Lipinski definition) is 4. The van der Waals surface area contributed by atoms with E-state index in [1.54, 1.807) is 6.07 Å². The van der Waals surface area contributed by atoms with Crippen molar-refractivity contribution in [3.8, 4) is 5.75 Å². The number of cyclic esters (lactones) is 1. The molecule has 1 fully saturated rings. The third kappa shape index (κ3) is 2.66. The number of benzene rings is 1. The Morgan fingerprint density at radius 1 is 1.40 bits per heavy atom. The van der Waals surface area contributed by atoms with Crippen LogP contribution in [0.5, 0.6) is 5.75 Å². The van der Waals surface area contributed by atoms with Crippen LogP contribution in [0, 0.1) is 0 Å². The standard InChI is InChI=1S/C16H21NO3/c1-2-17-8-4-3-5-13(17)11-19-14-6-7-15-12(9-14)10-20-16(15)18/h6-7,9,13H,2-5,8,10-11H2,1H3/t13-/m1/s1. The zero-order chi connectivity index (χ0) is 13.9. The molecule has 2 heterocycles. The molecule has 3 rings (SSSR count). The first-order valence-electron chi connectivity index (χ1n) is 7.45. The summed E-state index contributed by atoms with van der Waals surface area (Å²) in [5.41, 5.74) is 1.61. The molecule has 20 heavy (non-hydrogen) atoms. The van der Waals surface area contributed by atoms with Crippen molar-refractivity contribution in [2.75, 3.05) is 19.7 Å². The fourth-order valence-corrected chi connectivity index (χ4v) is 3.06. The molecule has 2 aliphatic rings. The van der Waals surface area contributed by atoms with E-state index in [4.69, 9.17) is 9.47 Å². The maximum Gasteiger partial charge on any atom is 0.338 e. The van der Waals surface area contributed by atoms with Crippen molar-refractivity contribution in [3.63, 3.8) is 0 Å². The van der Waals surface area contributed by atoms with Gasteiger partial charge >= 0.3 is 5.97 Å². The smallest absolute Gasteiger partial charge is 0.338 e. The SMILES string of the molecule is CCN1CCCC[C@@H]1COc1ccc2c(c1)COC2=O. The summed E-state index contributed by atoms with van der Waals surface area (Å²) in [4.78, 5) is 13.9. The summed E-state index contributed by atoms with van der Waals surface area (Å²) in [6.07, 6.45) is 3.79. The Labute approximate surface area is 119 Å². The van der Waals surface area contributed by atoms with Crippen LogP contribution in [0.15, 0.2) is 18.2 Å². The number of carbonyl (C=O) groups is 1. The number of esters is 1. The molecule has 2 aliphatic heterocycles. The molecule has 4 heteroatoms. The predicted octanol–water partition coefficient (Wildman–Crippen LogP) is 2.61. The zero-order valence-electron chi connectivity index (χ0n) is 11.9. The first-order chi connectivity index (χ1) is 9.78. The third-order valence-electron chi connectivity index (χ3n) is 4.25. The zero-order valence-corrected chi connectivity index (χ0v) is 11.9. The predicted molar refractivity (Wildman–Crippen MR) is 75.9 cm³/mol. The Balaban J connectivity index is 1.62. The van der Waals surface area contributed by atoms with Gasteiger partial charge in [-0.25, -0.2) is 4.79 Å². The highest BCUT2D eigenvalue weighted by atomic mass is 16.5. The molecule has 1 saturated heterocycles. The van der Waals surface area contributed by atoms with Gasteiger partial charge in [0.1, 0.15) is 19.0 Å². The quantitative estimate of drug-likeness (QED) is 0.792. The summed E-state index contributed by atoms with van der Waals surface area (Å²) < 4.78 is 10.9. The molecule has 0 aliphatic carbocycles. The average molecular weight is 275 g/mol. The van der Waals surface area contributed by atoms with Crippen LogP contribution in [0.3, 0.4) is 0 Å². The van der Waals surface area contributed by atoms with E-state index in [-0.39, 0.29) is 5.97 Å². The van der Waals surface area contributed by atoms with Gasteiger partial charge in [0.15, 0.2) is 0 Å². The van der Waals surface area contributed by atoms with Crippen LogP contribution in [0.4, 0.5) is 0 Å². The van der Waals surface area contributed by atoms with Gasteiger partial charge in [0.25, 0.3) is 0 Å². The van der Waals surface area contributed by atoms with Crippen LogP contribution in [-0.2, 0) is 11.3 Å². The number of rotatable bonds is 4. The molecule has 1 aromatic carbocycles. The van der Waals surface area contributed by atoms with Crippen LogP contribution in [0.25, 0.3) is 0 Å². The van der Waals surface area contributed by atoms with Crippen LogP contribution in [0.1, 0.15) is 42.1 Å². The molecule has 108 valence electrons. The fourth-order valence-electron chi connectivity index (χ4n) is 3.06. The molecule has 0 spiro atoms. The van der Waals surface area contributed by atoms with E-state index in [1.807, 2.05) is 12.1 Å². The second kappa shape index (κ2) is 5.83. The largest absolute Gasteiger partial charge is 0.492 e. The van der Waals surface area contributed by atoms with Gasteiger partial charge in [-0.05, 0) is 44.1 Å². The Bertz CT molecular complexity index is 500. The van der Waals surface area contributed by atoms with Crippen molar-refractivity contribution < 1.29 is 14.3 Å². The van der Waals surface area contributed by atoms with E-state index in [0.29, 0.717) is 18.2 Å². The van der Waals surface area contributed by atoms with E-state index in [0.717, 1.165) is 24.5 Å². The molecule has 0 aromatic heterocycles. The summed E-state index contributed by atoms with van der Waals surface area (Å²) in [5.74, 6) is 0.611. The van der Waals surface area contributed by atoms with E-state index in [2.05, 4.69) is 11.8 Å². The third-order valence-corrected chi connectivity index (χ3v) is 4.25. The molecule has 0 N–H and O–H groups in total. The maximum absolute atomic E-state index is 11.4. The van der Waals surface area contributed by atoms with Gasteiger partial charge in [-0.15, -0.1) is 0 Å². The molecule has 0 unspecified atom stereocenters. The van der Waals surface area contributed by atoms with E-state index in [1.165, 1.54) is 25.8 Å². The minimum Gasteiger partial charge on any atom is -0.492 e. The first-order valence-corrected chi connectivity index (χ1v) is 7.45. The number of ether oxygens (including phenoxy) is 2. The van der Waals surface area contributed by atoms with Crippen molar-refractivity contribution in [2.24, 2.45) is 0 Å². The number of fused-ring (bicyclic) bond motifs is 1. The number of piperidine rings is 1. The average Bonchev–Trinajstić information content (AvgIpc) is 2.86. The lowest BCUT2D eigenvalue weighted by atomic mass is 10.0. The molecule has 0 bridgehead atoms. The second-order valence-corrected chi connectivity index (χ2v) is 5.48. The van der Waals surface area contributed by atoms with Crippen LogP contribution < -0.4 is 4.74 Å². The number of likely N-dealkylation sites (tertiary alicyclic amines) is 1. The molecular formula is C16H21NO3. The Morgan fingerprint density at radius 2 is 2.30 bits per heavy atom.